The maximum absolute atomic E-state index is 5.71. The summed E-state index contributed by atoms with van der Waals surface area (Å²) in [4.78, 5) is 21.2. The van der Waals surface area contributed by atoms with E-state index in [1.807, 2.05) is 24.7 Å². The van der Waals surface area contributed by atoms with E-state index >= 15 is 0 Å². The van der Waals surface area contributed by atoms with Crippen LogP contribution in [0.1, 0.15) is 11.4 Å². The van der Waals surface area contributed by atoms with Gasteiger partial charge in [-0.05, 0) is 27.6 Å². The zero-order chi connectivity index (χ0) is 17.2. The number of nitrogens with two attached hydrogens (primary N) is 1. The molecule has 1 aliphatic rings. The van der Waals surface area contributed by atoms with Gasteiger partial charge in [0.15, 0.2) is 5.65 Å². The van der Waals surface area contributed by atoms with E-state index in [2.05, 4.69) is 51.7 Å². The predicted molar refractivity (Wildman–Crippen MR) is 101 cm³/mol. The molecular weight excluding hydrogens is 382 g/mol. The standard InChI is InChI=1S/C17H20BrN7/c18-13-10-21-17-15(22-14(8-19)23-17)16(13)25-6-4-24(5-7-25)11-12-2-1-3-20-9-12/h1-3,9-10H,4-8,11,19H2,(H,21,22,23). The molecule has 0 amide bonds. The van der Waals surface area contributed by atoms with E-state index in [1.54, 1.807) is 0 Å². The minimum atomic E-state index is 0.381. The fraction of sp³-hybridized carbons (Fsp3) is 0.353. The third-order valence-corrected chi connectivity index (χ3v) is 5.08. The highest BCUT2D eigenvalue weighted by atomic mass is 79.9. The fourth-order valence-corrected chi connectivity index (χ4v) is 3.78. The number of nitrogens with zero attached hydrogens (tertiary/aromatic N) is 5. The highest BCUT2D eigenvalue weighted by Gasteiger charge is 2.22. The number of pyridine rings is 2. The molecule has 8 heteroatoms. The van der Waals surface area contributed by atoms with E-state index in [1.165, 1.54) is 5.56 Å². The van der Waals surface area contributed by atoms with Crippen molar-refractivity contribution >= 4 is 32.8 Å². The summed E-state index contributed by atoms with van der Waals surface area (Å²) < 4.78 is 0.968. The number of halogens is 1. The van der Waals surface area contributed by atoms with Crippen molar-refractivity contribution < 1.29 is 0 Å². The first-order chi connectivity index (χ1) is 12.2. The largest absolute Gasteiger partial charge is 0.366 e. The molecule has 0 unspecified atom stereocenters. The molecule has 0 saturated carbocycles. The van der Waals surface area contributed by atoms with Gasteiger partial charge < -0.3 is 15.6 Å². The molecule has 0 bridgehead atoms. The topological polar surface area (TPSA) is 87.0 Å². The Kier molecular flexibility index (Phi) is 4.65. The van der Waals surface area contributed by atoms with Crippen molar-refractivity contribution in [1.29, 1.82) is 0 Å². The van der Waals surface area contributed by atoms with Crippen molar-refractivity contribution in [2.45, 2.75) is 13.1 Å². The highest BCUT2D eigenvalue weighted by Crippen LogP contribution is 2.32. The number of nitrogens with one attached hydrogen (secondary N) is 1. The third-order valence-electron chi connectivity index (χ3n) is 4.50. The van der Waals surface area contributed by atoms with Gasteiger partial charge >= 0.3 is 0 Å². The predicted octanol–water partition coefficient (Wildman–Crippen LogP) is 1.90. The summed E-state index contributed by atoms with van der Waals surface area (Å²) in [7, 11) is 0. The molecule has 1 aliphatic heterocycles. The number of imidazole rings is 1. The summed E-state index contributed by atoms with van der Waals surface area (Å²) in [5, 5.41) is 0. The molecule has 1 fully saturated rings. The summed E-state index contributed by atoms with van der Waals surface area (Å²) in [5.74, 6) is 0.761. The van der Waals surface area contributed by atoms with Gasteiger partial charge in [-0.1, -0.05) is 6.07 Å². The van der Waals surface area contributed by atoms with E-state index in [9.17, 15) is 0 Å². The minimum Gasteiger partial charge on any atom is -0.366 e. The van der Waals surface area contributed by atoms with E-state index < -0.39 is 0 Å². The van der Waals surface area contributed by atoms with E-state index in [0.29, 0.717) is 6.54 Å². The highest BCUT2D eigenvalue weighted by molar-refractivity contribution is 9.10. The van der Waals surface area contributed by atoms with Gasteiger partial charge in [-0.3, -0.25) is 9.88 Å². The quantitative estimate of drug-likeness (QED) is 0.693. The van der Waals surface area contributed by atoms with Crippen LogP contribution in [-0.2, 0) is 13.1 Å². The van der Waals surface area contributed by atoms with Gasteiger partial charge in [0.2, 0.25) is 0 Å². The van der Waals surface area contributed by atoms with Crippen LogP contribution in [0.2, 0.25) is 0 Å². The van der Waals surface area contributed by atoms with Crippen LogP contribution in [0.25, 0.3) is 11.2 Å². The average molecular weight is 402 g/mol. The maximum atomic E-state index is 5.71. The number of rotatable bonds is 4. The van der Waals surface area contributed by atoms with Crippen LogP contribution in [0.5, 0.6) is 0 Å². The lowest BCUT2D eigenvalue weighted by atomic mass is 10.2. The Labute approximate surface area is 154 Å². The molecule has 4 rings (SSSR count). The molecule has 25 heavy (non-hydrogen) atoms. The first-order valence-electron chi connectivity index (χ1n) is 8.34. The monoisotopic (exact) mass is 401 g/mol. The maximum Gasteiger partial charge on any atom is 0.159 e. The SMILES string of the molecule is NCc1nc2c(N3CCN(Cc4cccnc4)CC3)c(Br)cnc2[nH]1. The lowest BCUT2D eigenvalue weighted by Crippen LogP contribution is -2.46. The number of piperazine rings is 1. The molecule has 3 aromatic heterocycles. The number of hydrogen-bond donors (Lipinski definition) is 2. The second kappa shape index (κ2) is 7.07. The Morgan fingerprint density at radius 1 is 1.20 bits per heavy atom. The summed E-state index contributed by atoms with van der Waals surface area (Å²) >= 11 is 3.64. The molecule has 1 saturated heterocycles. The van der Waals surface area contributed by atoms with Crippen LogP contribution in [0.4, 0.5) is 5.69 Å². The smallest absolute Gasteiger partial charge is 0.159 e. The number of fused-ring (bicyclic) bond motifs is 1. The van der Waals surface area contributed by atoms with Crippen LogP contribution in [0.3, 0.4) is 0 Å². The molecule has 3 aromatic rings. The first kappa shape index (κ1) is 16.4. The zero-order valence-corrected chi connectivity index (χ0v) is 15.4. The van der Waals surface area contributed by atoms with E-state index in [0.717, 1.165) is 59.9 Å². The average Bonchev–Trinajstić information content (AvgIpc) is 3.07. The zero-order valence-electron chi connectivity index (χ0n) is 13.8. The molecule has 3 N–H and O–H groups in total. The fourth-order valence-electron chi connectivity index (χ4n) is 3.24. The van der Waals surface area contributed by atoms with Crippen LogP contribution in [0.15, 0.2) is 35.2 Å². The van der Waals surface area contributed by atoms with Crippen molar-refractivity contribution in [2.75, 3.05) is 31.1 Å². The van der Waals surface area contributed by atoms with Crippen LogP contribution in [-0.4, -0.2) is 51.0 Å². The van der Waals surface area contributed by atoms with Crippen LogP contribution >= 0.6 is 15.9 Å². The van der Waals surface area contributed by atoms with Gasteiger partial charge in [-0.2, -0.15) is 0 Å². The Morgan fingerprint density at radius 3 is 2.76 bits per heavy atom. The Balaban J connectivity index is 1.51. The van der Waals surface area contributed by atoms with Gasteiger partial charge in [0.25, 0.3) is 0 Å². The Bertz CT molecular complexity index is 856. The molecule has 130 valence electrons. The van der Waals surface area contributed by atoms with Crippen molar-refractivity contribution in [2.24, 2.45) is 5.73 Å². The summed E-state index contributed by atoms with van der Waals surface area (Å²) in [6, 6.07) is 4.11. The number of H-pyrrole nitrogens is 1. The number of hydrogen-bond acceptors (Lipinski definition) is 6. The minimum absolute atomic E-state index is 0.381. The second-order valence-corrected chi connectivity index (χ2v) is 7.02. The number of aromatic nitrogens is 4. The molecule has 0 radical (unpaired) electrons. The number of anilines is 1. The summed E-state index contributed by atoms with van der Waals surface area (Å²) in [6.07, 6.45) is 5.58. The summed E-state index contributed by atoms with van der Waals surface area (Å²) in [5.41, 5.74) is 9.74. The van der Waals surface area contributed by atoms with Crippen LogP contribution in [0, 0.1) is 0 Å². The van der Waals surface area contributed by atoms with E-state index in [4.69, 9.17) is 5.73 Å². The van der Waals surface area contributed by atoms with Crippen molar-refractivity contribution in [3.05, 3.63) is 46.6 Å². The molecule has 7 nitrogen and oxygen atoms in total. The summed E-state index contributed by atoms with van der Waals surface area (Å²) in [6.45, 7) is 5.21. The Morgan fingerprint density at radius 2 is 2.04 bits per heavy atom. The molecule has 4 heterocycles. The lowest BCUT2D eigenvalue weighted by molar-refractivity contribution is 0.249. The van der Waals surface area contributed by atoms with Crippen molar-refractivity contribution in [3.63, 3.8) is 0 Å². The third kappa shape index (κ3) is 3.37. The van der Waals surface area contributed by atoms with Gasteiger partial charge in [-0.15, -0.1) is 0 Å². The molecule has 0 atom stereocenters. The molecular formula is C17H20BrN7. The molecule has 0 aliphatic carbocycles. The van der Waals surface area contributed by atoms with Gasteiger partial charge in [0.05, 0.1) is 16.7 Å². The van der Waals surface area contributed by atoms with Crippen LogP contribution < -0.4 is 10.6 Å². The van der Waals surface area contributed by atoms with Crippen molar-refractivity contribution in [1.82, 2.24) is 24.8 Å². The normalized spacial score (nSPS) is 15.8. The Hall–Kier alpha value is -2.03. The van der Waals surface area contributed by atoms with Gasteiger partial charge in [0, 0.05) is 51.3 Å². The van der Waals surface area contributed by atoms with Gasteiger partial charge in [-0.25, -0.2) is 9.97 Å². The molecule has 0 aromatic carbocycles. The lowest BCUT2D eigenvalue weighted by Gasteiger charge is -2.36. The van der Waals surface area contributed by atoms with E-state index in [-0.39, 0.29) is 0 Å². The van der Waals surface area contributed by atoms with Gasteiger partial charge in [0.1, 0.15) is 11.3 Å². The second-order valence-electron chi connectivity index (χ2n) is 6.16. The first-order valence-corrected chi connectivity index (χ1v) is 9.13. The number of aromatic amines is 1. The van der Waals surface area contributed by atoms with Crippen molar-refractivity contribution in [3.8, 4) is 0 Å². The molecule has 0 spiro atoms.